The van der Waals surface area contributed by atoms with Crippen LogP contribution in [0.25, 0.3) is 0 Å². The molecule has 3 heteroatoms. The highest BCUT2D eigenvalue weighted by Crippen LogP contribution is 2.14. The van der Waals surface area contributed by atoms with Crippen molar-refractivity contribution >= 4 is 16.8 Å². The summed E-state index contributed by atoms with van der Waals surface area (Å²) in [7, 11) is 1.78. The number of methoxy groups -OCH3 is 1. The Morgan fingerprint density at radius 1 is 1.32 bits per heavy atom. The second-order valence-corrected chi connectivity index (χ2v) is 5.31. The maximum absolute atomic E-state index is 10.9. The molecule has 0 saturated heterocycles. The van der Waals surface area contributed by atoms with E-state index in [1.807, 2.05) is 12.1 Å². The Hall–Kier alpha value is -0.860. The van der Waals surface area contributed by atoms with E-state index in [4.69, 9.17) is 16.3 Å². The van der Waals surface area contributed by atoms with Crippen LogP contribution in [0.2, 0.25) is 0 Å². The standard InChI is InChI=1S/C16H23ClO2/c1-3-6-15(19-2)10-5-8-13-7-4-9-14(11-13)12-16(17)18/h4,7,9,11,15H,3,5-6,8,10,12H2,1-2H3. The number of hydrogen-bond acceptors (Lipinski definition) is 2. The van der Waals surface area contributed by atoms with Crippen LogP contribution < -0.4 is 0 Å². The monoisotopic (exact) mass is 282 g/mol. The van der Waals surface area contributed by atoms with E-state index < -0.39 is 0 Å². The molecule has 2 nitrogen and oxygen atoms in total. The van der Waals surface area contributed by atoms with Gasteiger partial charge in [-0.05, 0) is 48.4 Å². The summed E-state index contributed by atoms with van der Waals surface area (Å²) in [6.45, 7) is 2.18. The number of ether oxygens (including phenoxy) is 1. The lowest BCUT2D eigenvalue weighted by atomic mass is 10.0. The number of carbonyl (C=O) groups is 1. The van der Waals surface area contributed by atoms with Crippen LogP contribution in [-0.2, 0) is 22.4 Å². The van der Waals surface area contributed by atoms with E-state index >= 15 is 0 Å². The number of benzene rings is 1. The minimum atomic E-state index is -0.306. The molecule has 0 aromatic heterocycles. The third-order valence-corrected chi connectivity index (χ3v) is 3.40. The third-order valence-electron chi connectivity index (χ3n) is 3.27. The first kappa shape index (κ1) is 16.2. The maximum Gasteiger partial charge on any atom is 0.226 e. The van der Waals surface area contributed by atoms with Crippen LogP contribution in [-0.4, -0.2) is 18.5 Å². The minimum Gasteiger partial charge on any atom is -0.381 e. The van der Waals surface area contributed by atoms with Gasteiger partial charge < -0.3 is 4.74 Å². The number of aryl methyl sites for hydroxylation is 1. The lowest BCUT2D eigenvalue weighted by molar-refractivity contribution is -0.111. The van der Waals surface area contributed by atoms with Crippen molar-refractivity contribution in [2.75, 3.05) is 7.11 Å². The van der Waals surface area contributed by atoms with Crippen LogP contribution in [0.3, 0.4) is 0 Å². The summed E-state index contributed by atoms with van der Waals surface area (Å²) in [5.74, 6) is 0. The maximum atomic E-state index is 10.9. The fraction of sp³-hybridized carbons (Fsp3) is 0.562. The number of carbonyl (C=O) groups excluding carboxylic acids is 1. The predicted molar refractivity (Wildman–Crippen MR) is 79.6 cm³/mol. The van der Waals surface area contributed by atoms with Crippen LogP contribution in [0.15, 0.2) is 24.3 Å². The zero-order valence-electron chi connectivity index (χ0n) is 11.8. The molecule has 0 aliphatic carbocycles. The molecule has 0 spiro atoms. The summed E-state index contributed by atoms with van der Waals surface area (Å²) in [6.07, 6.45) is 6.18. The van der Waals surface area contributed by atoms with Crippen molar-refractivity contribution in [1.82, 2.24) is 0 Å². The fourth-order valence-electron chi connectivity index (χ4n) is 2.29. The van der Waals surface area contributed by atoms with Gasteiger partial charge in [-0.2, -0.15) is 0 Å². The molecular weight excluding hydrogens is 260 g/mol. The van der Waals surface area contributed by atoms with Gasteiger partial charge in [0.15, 0.2) is 0 Å². The Bertz CT molecular complexity index is 390. The Balaban J connectivity index is 2.42. The summed E-state index contributed by atoms with van der Waals surface area (Å²) in [4.78, 5) is 10.9. The molecule has 0 N–H and O–H groups in total. The van der Waals surface area contributed by atoms with Gasteiger partial charge in [-0.3, -0.25) is 4.79 Å². The summed E-state index contributed by atoms with van der Waals surface area (Å²) in [5.41, 5.74) is 2.26. The van der Waals surface area contributed by atoms with E-state index in [1.165, 1.54) is 5.56 Å². The highest BCUT2D eigenvalue weighted by atomic mass is 35.5. The van der Waals surface area contributed by atoms with Gasteiger partial charge >= 0.3 is 0 Å². The normalized spacial score (nSPS) is 12.4. The van der Waals surface area contributed by atoms with Gasteiger partial charge in [-0.1, -0.05) is 37.6 Å². The molecule has 0 aliphatic rings. The Labute approximate surface area is 121 Å². The smallest absolute Gasteiger partial charge is 0.226 e. The molecule has 0 heterocycles. The molecule has 0 radical (unpaired) electrons. The van der Waals surface area contributed by atoms with Crippen LogP contribution in [0.1, 0.15) is 43.7 Å². The third kappa shape index (κ3) is 6.74. The topological polar surface area (TPSA) is 26.3 Å². The molecule has 0 aliphatic heterocycles. The molecule has 1 aromatic carbocycles. The molecule has 1 atom stereocenters. The summed E-state index contributed by atoms with van der Waals surface area (Å²) in [5, 5.41) is -0.306. The lowest BCUT2D eigenvalue weighted by Crippen LogP contribution is -2.10. The van der Waals surface area contributed by atoms with E-state index in [0.29, 0.717) is 12.5 Å². The first-order chi connectivity index (χ1) is 9.15. The second-order valence-electron chi connectivity index (χ2n) is 4.89. The zero-order chi connectivity index (χ0) is 14.1. The van der Waals surface area contributed by atoms with Gasteiger partial charge in [0.25, 0.3) is 0 Å². The second kappa shape index (κ2) is 9.11. The van der Waals surface area contributed by atoms with Gasteiger partial charge in [0.1, 0.15) is 0 Å². The Morgan fingerprint density at radius 3 is 2.68 bits per heavy atom. The number of hydrogen-bond donors (Lipinski definition) is 0. The molecule has 1 aromatic rings. The van der Waals surface area contributed by atoms with Crippen LogP contribution >= 0.6 is 11.6 Å². The molecule has 106 valence electrons. The molecular formula is C16H23ClO2. The van der Waals surface area contributed by atoms with Gasteiger partial charge in [0.2, 0.25) is 5.24 Å². The van der Waals surface area contributed by atoms with Crippen molar-refractivity contribution < 1.29 is 9.53 Å². The Morgan fingerprint density at radius 2 is 2.05 bits per heavy atom. The largest absolute Gasteiger partial charge is 0.381 e. The van der Waals surface area contributed by atoms with E-state index in [9.17, 15) is 4.79 Å². The highest BCUT2D eigenvalue weighted by Gasteiger charge is 2.06. The average Bonchev–Trinajstić information content (AvgIpc) is 2.37. The summed E-state index contributed by atoms with van der Waals surface area (Å²) < 4.78 is 5.44. The Kier molecular flexibility index (Phi) is 7.76. The summed E-state index contributed by atoms with van der Waals surface area (Å²) >= 11 is 5.41. The summed E-state index contributed by atoms with van der Waals surface area (Å²) in [6, 6.07) is 8.11. The average molecular weight is 283 g/mol. The first-order valence-corrected chi connectivity index (χ1v) is 7.32. The SMILES string of the molecule is CCCC(CCCc1cccc(CC(=O)Cl)c1)OC. The van der Waals surface area contributed by atoms with E-state index in [2.05, 4.69) is 19.1 Å². The number of rotatable bonds is 9. The van der Waals surface area contributed by atoms with Crippen molar-refractivity contribution in [1.29, 1.82) is 0 Å². The molecule has 0 amide bonds. The van der Waals surface area contributed by atoms with Crippen LogP contribution in [0, 0.1) is 0 Å². The van der Waals surface area contributed by atoms with E-state index in [0.717, 1.165) is 37.7 Å². The van der Waals surface area contributed by atoms with Crippen LogP contribution in [0.4, 0.5) is 0 Å². The predicted octanol–water partition coefficient (Wildman–Crippen LogP) is 4.13. The van der Waals surface area contributed by atoms with Crippen molar-refractivity contribution in [3.8, 4) is 0 Å². The van der Waals surface area contributed by atoms with Crippen molar-refractivity contribution in [3.63, 3.8) is 0 Å². The highest BCUT2D eigenvalue weighted by molar-refractivity contribution is 6.63. The van der Waals surface area contributed by atoms with Gasteiger partial charge in [0, 0.05) is 13.5 Å². The van der Waals surface area contributed by atoms with Crippen molar-refractivity contribution in [3.05, 3.63) is 35.4 Å². The van der Waals surface area contributed by atoms with Crippen LogP contribution in [0.5, 0.6) is 0 Å². The molecule has 19 heavy (non-hydrogen) atoms. The molecule has 0 bridgehead atoms. The fourth-order valence-corrected chi connectivity index (χ4v) is 2.45. The van der Waals surface area contributed by atoms with Crippen molar-refractivity contribution in [2.24, 2.45) is 0 Å². The van der Waals surface area contributed by atoms with Gasteiger partial charge in [-0.25, -0.2) is 0 Å². The van der Waals surface area contributed by atoms with Gasteiger partial charge in [0.05, 0.1) is 6.10 Å². The van der Waals surface area contributed by atoms with Crippen molar-refractivity contribution in [2.45, 2.75) is 51.6 Å². The first-order valence-electron chi connectivity index (χ1n) is 6.94. The quantitative estimate of drug-likeness (QED) is 0.637. The molecule has 1 rings (SSSR count). The molecule has 0 fully saturated rings. The minimum absolute atomic E-state index is 0.306. The zero-order valence-corrected chi connectivity index (χ0v) is 12.6. The van der Waals surface area contributed by atoms with Gasteiger partial charge in [-0.15, -0.1) is 0 Å². The van der Waals surface area contributed by atoms with E-state index in [-0.39, 0.29) is 5.24 Å². The lowest BCUT2D eigenvalue weighted by Gasteiger charge is -2.14. The number of halogens is 1. The molecule has 0 saturated carbocycles. The van der Waals surface area contributed by atoms with E-state index in [1.54, 1.807) is 7.11 Å². The molecule has 1 unspecified atom stereocenters.